The second kappa shape index (κ2) is 7.31. The summed E-state index contributed by atoms with van der Waals surface area (Å²) < 4.78 is 2.22. The number of para-hydroxylation sites is 1. The Morgan fingerprint density at radius 3 is 2.52 bits per heavy atom. The van der Waals surface area contributed by atoms with Gasteiger partial charge in [-0.15, -0.1) is 0 Å². The highest BCUT2D eigenvalue weighted by Crippen LogP contribution is 2.33. The van der Waals surface area contributed by atoms with Gasteiger partial charge in [-0.2, -0.15) is 0 Å². The highest BCUT2D eigenvalue weighted by atomic mass is 32.2. The Morgan fingerprint density at radius 2 is 1.88 bits per heavy atom. The number of nitrogens with zero attached hydrogens (tertiary/aromatic N) is 3. The summed E-state index contributed by atoms with van der Waals surface area (Å²) in [5.74, 6) is 0.0456. The lowest BCUT2D eigenvalue weighted by atomic mass is 10.2. The number of carbonyl (C=O) groups excluding carboxylic acids is 1. The number of rotatable bonds is 4. The van der Waals surface area contributed by atoms with Crippen LogP contribution in [-0.4, -0.2) is 33.6 Å². The summed E-state index contributed by atoms with van der Waals surface area (Å²) in [7, 11) is 0. The number of thioether (sulfide) groups is 1. The summed E-state index contributed by atoms with van der Waals surface area (Å²) in [4.78, 5) is 19.6. The van der Waals surface area contributed by atoms with Crippen molar-refractivity contribution in [2.45, 2.75) is 27.7 Å². The van der Waals surface area contributed by atoms with E-state index in [1.54, 1.807) is 4.90 Å². The fourth-order valence-electron chi connectivity index (χ4n) is 3.09. The molecule has 5 heteroatoms. The van der Waals surface area contributed by atoms with E-state index in [-0.39, 0.29) is 5.91 Å². The first-order valence-corrected chi connectivity index (χ1v) is 9.38. The molecule has 3 rings (SSSR count). The number of aryl methyl sites for hydroxylation is 1. The number of aromatic nitrogens is 1. The van der Waals surface area contributed by atoms with Crippen LogP contribution in [0.3, 0.4) is 0 Å². The quantitative estimate of drug-likeness (QED) is 0.764. The molecule has 2 heterocycles. The van der Waals surface area contributed by atoms with Crippen molar-refractivity contribution in [3.63, 3.8) is 0 Å². The van der Waals surface area contributed by atoms with E-state index in [9.17, 15) is 4.79 Å². The lowest BCUT2D eigenvalue weighted by molar-refractivity contribution is -0.122. The molecule has 1 amide bonds. The van der Waals surface area contributed by atoms with Crippen molar-refractivity contribution < 1.29 is 4.79 Å². The van der Waals surface area contributed by atoms with Gasteiger partial charge in [0.05, 0.1) is 4.91 Å². The van der Waals surface area contributed by atoms with Crippen LogP contribution in [0.4, 0.5) is 0 Å². The van der Waals surface area contributed by atoms with Gasteiger partial charge in [0.2, 0.25) is 0 Å². The molecule has 1 aliphatic heterocycles. The third-order valence-electron chi connectivity index (χ3n) is 4.27. The molecule has 0 saturated carbocycles. The summed E-state index contributed by atoms with van der Waals surface area (Å²) in [5, 5.41) is 0.804. The van der Waals surface area contributed by atoms with Gasteiger partial charge in [-0.3, -0.25) is 14.7 Å². The molecule has 0 spiro atoms. The molecule has 0 radical (unpaired) electrons. The Kier molecular flexibility index (Phi) is 5.13. The molecule has 1 fully saturated rings. The predicted molar refractivity (Wildman–Crippen MR) is 106 cm³/mol. The van der Waals surface area contributed by atoms with Crippen LogP contribution in [0.2, 0.25) is 0 Å². The van der Waals surface area contributed by atoms with Gasteiger partial charge in [-0.1, -0.05) is 18.2 Å². The van der Waals surface area contributed by atoms with Crippen LogP contribution in [-0.2, 0) is 4.79 Å². The molecule has 130 valence electrons. The molecule has 0 atom stereocenters. The van der Waals surface area contributed by atoms with Gasteiger partial charge in [0.15, 0.2) is 5.17 Å². The Morgan fingerprint density at radius 1 is 1.16 bits per heavy atom. The van der Waals surface area contributed by atoms with Crippen LogP contribution in [0.25, 0.3) is 11.8 Å². The van der Waals surface area contributed by atoms with Gasteiger partial charge in [0.1, 0.15) is 0 Å². The molecule has 25 heavy (non-hydrogen) atoms. The van der Waals surface area contributed by atoms with Crippen LogP contribution >= 0.6 is 11.8 Å². The van der Waals surface area contributed by atoms with Gasteiger partial charge >= 0.3 is 0 Å². The van der Waals surface area contributed by atoms with Crippen LogP contribution in [0.15, 0.2) is 46.3 Å². The SMILES string of the molecule is CCN=C1S/C(=C\c2cc(C)n(-c3ccccc3)c2C)C(=O)N1CC. The lowest BCUT2D eigenvalue weighted by Gasteiger charge is -2.11. The summed E-state index contributed by atoms with van der Waals surface area (Å²) in [5.41, 5.74) is 4.50. The Hall–Kier alpha value is -2.27. The first-order valence-electron chi connectivity index (χ1n) is 8.57. The molecule has 1 aromatic carbocycles. The van der Waals surface area contributed by atoms with Crippen LogP contribution in [0.5, 0.6) is 0 Å². The Balaban J connectivity index is 2.00. The van der Waals surface area contributed by atoms with Crippen LogP contribution in [0, 0.1) is 13.8 Å². The normalized spacial score (nSPS) is 17.9. The van der Waals surface area contributed by atoms with Gasteiger partial charge in [-0.05, 0) is 69.3 Å². The first kappa shape index (κ1) is 17.5. The zero-order chi connectivity index (χ0) is 18.0. The van der Waals surface area contributed by atoms with Crippen molar-refractivity contribution in [2.24, 2.45) is 4.99 Å². The maximum absolute atomic E-state index is 12.6. The average molecular weight is 353 g/mol. The fraction of sp³-hybridized carbons (Fsp3) is 0.300. The zero-order valence-corrected chi connectivity index (χ0v) is 15.9. The fourth-order valence-corrected chi connectivity index (χ4v) is 4.19. The summed E-state index contributed by atoms with van der Waals surface area (Å²) in [6.45, 7) is 9.48. The third kappa shape index (κ3) is 3.29. The molecule has 2 aromatic rings. The van der Waals surface area contributed by atoms with E-state index in [4.69, 9.17) is 0 Å². The van der Waals surface area contributed by atoms with E-state index < -0.39 is 0 Å². The molecule has 1 aromatic heterocycles. The molecule has 4 nitrogen and oxygen atoms in total. The summed E-state index contributed by atoms with van der Waals surface area (Å²) in [6, 6.07) is 12.4. The highest BCUT2D eigenvalue weighted by molar-refractivity contribution is 8.18. The van der Waals surface area contributed by atoms with Crippen molar-refractivity contribution in [3.8, 4) is 5.69 Å². The molecule has 0 bridgehead atoms. The standard InChI is InChI=1S/C20H23N3OS/c1-5-21-20-22(6-2)19(24)18(25-20)13-16-12-14(3)23(15(16)4)17-10-8-7-9-11-17/h7-13H,5-6H2,1-4H3/b18-13-,21-20?. The summed E-state index contributed by atoms with van der Waals surface area (Å²) in [6.07, 6.45) is 2.00. The average Bonchev–Trinajstić information content (AvgIpc) is 3.05. The number of benzene rings is 1. The second-order valence-electron chi connectivity index (χ2n) is 5.91. The number of amides is 1. The van der Waals surface area contributed by atoms with E-state index in [1.165, 1.54) is 11.8 Å². The minimum absolute atomic E-state index is 0.0456. The van der Waals surface area contributed by atoms with Gasteiger partial charge < -0.3 is 4.57 Å². The van der Waals surface area contributed by atoms with E-state index in [0.717, 1.165) is 32.7 Å². The molecule has 1 aliphatic rings. The first-order chi connectivity index (χ1) is 12.1. The lowest BCUT2D eigenvalue weighted by Crippen LogP contribution is -2.28. The van der Waals surface area contributed by atoms with Gasteiger partial charge in [0, 0.05) is 30.2 Å². The number of likely N-dealkylation sites (N-methyl/N-ethyl adjacent to an activating group) is 1. The zero-order valence-electron chi connectivity index (χ0n) is 15.1. The van der Waals surface area contributed by atoms with Crippen LogP contribution in [0.1, 0.15) is 30.8 Å². The number of hydrogen-bond acceptors (Lipinski definition) is 3. The number of hydrogen-bond donors (Lipinski definition) is 0. The third-order valence-corrected chi connectivity index (χ3v) is 5.31. The molecular weight excluding hydrogens is 330 g/mol. The minimum atomic E-state index is 0.0456. The van der Waals surface area contributed by atoms with E-state index in [0.29, 0.717) is 13.1 Å². The van der Waals surface area contributed by atoms with E-state index >= 15 is 0 Å². The van der Waals surface area contributed by atoms with Gasteiger partial charge in [0.25, 0.3) is 5.91 Å². The smallest absolute Gasteiger partial charge is 0.266 e. The van der Waals surface area contributed by atoms with Crippen molar-refractivity contribution >= 4 is 28.9 Å². The topological polar surface area (TPSA) is 37.6 Å². The summed E-state index contributed by atoms with van der Waals surface area (Å²) >= 11 is 1.47. The molecule has 0 unspecified atom stereocenters. The minimum Gasteiger partial charge on any atom is -0.318 e. The largest absolute Gasteiger partial charge is 0.318 e. The Bertz CT molecular complexity index is 849. The maximum Gasteiger partial charge on any atom is 0.266 e. The van der Waals surface area contributed by atoms with Crippen molar-refractivity contribution in [2.75, 3.05) is 13.1 Å². The molecule has 1 saturated heterocycles. The van der Waals surface area contributed by atoms with Gasteiger partial charge in [-0.25, -0.2) is 0 Å². The number of amidine groups is 1. The molecular formula is C20H23N3OS. The highest BCUT2D eigenvalue weighted by Gasteiger charge is 2.32. The van der Waals surface area contributed by atoms with Crippen molar-refractivity contribution in [1.82, 2.24) is 9.47 Å². The Labute approximate surface area is 153 Å². The molecule has 0 N–H and O–H groups in total. The van der Waals surface area contributed by atoms with Crippen molar-refractivity contribution in [1.29, 1.82) is 0 Å². The van der Waals surface area contributed by atoms with E-state index in [2.05, 4.69) is 41.6 Å². The van der Waals surface area contributed by atoms with Crippen molar-refractivity contribution in [3.05, 3.63) is 58.3 Å². The molecule has 0 aliphatic carbocycles. The van der Waals surface area contributed by atoms with Crippen LogP contribution < -0.4 is 0 Å². The number of aliphatic imine (C=N–C) groups is 1. The van der Waals surface area contributed by atoms with E-state index in [1.807, 2.05) is 38.1 Å². The predicted octanol–water partition coefficient (Wildman–Crippen LogP) is 4.41. The number of carbonyl (C=O) groups is 1. The maximum atomic E-state index is 12.6. The second-order valence-corrected chi connectivity index (χ2v) is 6.92. The monoisotopic (exact) mass is 353 g/mol.